The zero-order valence-corrected chi connectivity index (χ0v) is 16.3. The van der Waals surface area contributed by atoms with Gasteiger partial charge in [-0.15, -0.1) is 0 Å². The number of carbonyl (C=O) groups excluding carboxylic acids is 1. The summed E-state index contributed by atoms with van der Waals surface area (Å²) in [5.41, 5.74) is 0.180. The lowest BCUT2D eigenvalue weighted by atomic mass is 10.1. The number of amides is 2. The molecule has 1 aliphatic rings. The molecule has 6 nitrogen and oxygen atoms in total. The molecule has 0 saturated carbocycles. The fourth-order valence-electron chi connectivity index (χ4n) is 2.44. The van der Waals surface area contributed by atoms with E-state index in [9.17, 15) is 19.1 Å². The van der Waals surface area contributed by atoms with Crippen molar-refractivity contribution in [3.63, 3.8) is 0 Å². The summed E-state index contributed by atoms with van der Waals surface area (Å²) in [5, 5.41) is 9.30. The highest BCUT2D eigenvalue weighted by Crippen LogP contribution is 2.38. The summed E-state index contributed by atoms with van der Waals surface area (Å²) in [6.07, 6.45) is -1.35. The van der Waals surface area contributed by atoms with Crippen molar-refractivity contribution in [1.82, 2.24) is 0 Å². The van der Waals surface area contributed by atoms with Gasteiger partial charge in [0.15, 0.2) is 8.32 Å². The van der Waals surface area contributed by atoms with Crippen LogP contribution in [0.4, 0.5) is 20.6 Å². The van der Waals surface area contributed by atoms with E-state index in [0.717, 1.165) is 4.90 Å². The van der Waals surface area contributed by atoms with Gasteiger partial charge in [0, 0.05) is 6.54 Å². The molecule has 138 valence electrons. The van der Waals surface area contributed by atoms with E-state index in [1.807, 2.05) is 0 Å². The van der Waals surface area contributed by atoms with Gasteiger partial charge in [0.1, 0.15) is 18.0 Å². The first-order chi connectivity index (χ1) is 11.5. The van der Waals surface area contributed by atoms with Crippen LogP contribution in [0.3, 0.4) is 0 Å². The molecule has 0 unspecified atom stereocenters. The number of benzene rings is 1. The first-order valence-corrected chi connectivity index (χ1v) is 11.1. The van der Waals surface area contributed by atoms with Crippen molar-refractivity contribution in [3.05, 3.63) is 24.0 Å². The molecular formula is C17H25FN2O4Si. The van der Waals surface area contributed by atoms with Crippen LogP contribution in [0.5, 0.6) is 0 Å². The summed E-state index contributed by atoms with van der Waals surface area (Å²) in [4.78, 5) is 25.9. The lowest BCUT2D eigenvalue weighted by Gasteiger charge is -2.38. The Kier molecular flexibility index (Phi) is 5.24. The third-order valence-electron chi connectivity index (χ3n) is 4.94. The number of hydrogen-bond acceptors (Lipinski definition) is 3. The number of anilines is 2. The second kappa shape index (κ2) is 6.76. The molecule has 1 aromatic carbocycles. The van der Waals surface area contributed by atoms with E-state index in [1.54, 1.807) is 6.07 Å². The Morgan fingerprint density at radius 1 is 1.36 bits per heavy atom. The number of hydrogen-bond donors (Lipinski definition) is 1. The molecule has 8 heteroatoms. The van der Waals surface area contributed by atoms with Crippen molar-refractivity contribution in [3.8, 4) is 0 Å². The van der Waals surface area contributed by atoms with Gasteiger partial charge in [0.2, 0.25) is 5.91 Å². The highest BCUT2D eigenvalue weighted by Gasteiger charge is 2.38. The average molecular weight is 368 g/mol. The molecule has 0 bridgehead atoms. The quantitative estimate of drug-likeness (QED) is 0.823. The molecule has 0 aromatic heterocycles. The monoisotopic (exact) mass is 368 g/mol. The normalized spacial score (nSPS) is 15.4. The molecule has 0 fully saturated rings. The van der Waals surface area contributed by atoms with Crippen molar-refractivity contribution < 1.29 is 23.5 Å². The van der Waals surface area contributed by atoms with Crippen LogP contribution in [-0.4, -0.2) is 45.1 Å². The zero-order valence-electron chi connectivity index (χ0n) is 15.3. The van der Waals surface area contributed by atoms with E-state index in [-0.39, 0.29) is 28.9 Å². The molecule has 1 heterocycles. The molecule has 2 amide bonds. The number of halogens is 1. The number of rotatable bonds is 4. The summed E-state index contributed by atoms with van der Waals surface area (Å²) in [5.74, 6) is -1.05. The average Bonchev–Trinajstić information content (AvgIpc) is 2.47. The fourth-order valence-corrected chi connectivity index (χ4v) is 3.47. The second-order valence-corrected chi connectivity index (χ2v) is 12.4. The van der Waals surface area contributed by atoms with Crippen LogP contribution in [0, 0.1) is 5.82 Å². The predicted molar refractivity (Wildman–Crippen MR) is 97.3 cm³/mol. The maximum Gasteiger partial charge on any atom is 0.412 e. The van der Waals surface area contributed by atoms with Gasteiger partial charge >= 0.3 is 6.09 Å². The third-order valence-corrected chi connectivity index (χ3v) is 9.47. The van der Waals surface area contributed by atoms with E-state index >= 15 is 0 Å². The molecule has 1 aliphatic heterocycles. The van der Waals surface area contributed by atoms with E-state index < -0.39 is 26.8 Å². The minimum Gasteiger partial charge on any atom is -0.465 e. The summed E-state index contributed by atoms with van der Waals surface area (Å²) < 4.78 is 20.3. The highest BCUT2D eigenvalue weighted by atomic mass is 28.4. The largest absolute Gasteiger partial charge is 0.465 e. The molecular weight excluding hydrogens is 343 g/mol. The van der Waals surface area contributed by atoms with Crippen LogP contribution in [0.15, 0.2) is 18.2 Å². The van der Waals surface area contributed by atoms with Gasteiger partial charge in [-0.1, -0.05) is 26.8 Å². The highest BCUT2D eigenvalue weighted by molar-refractivity contribution is 6.74. The second-order valence-electron chi connectivity index (χ2n) is 7.63. The maximum absolute atomic E-state index is 14.2. The van der Waals surface area contributed by atoms with E-state index in [2.05, 4.69) is 33.9 Å². The van der Waals surface area contributed by atoms with Crippen LogP contribution in [-0.2, 0) is 9.22 Å². The van der Waals surface area contributed by atoms with Crippen LogP contribution >= 0.6 is 0 Å². The van der Waals surface area contributed by atoms with Crippen molar-refractivity contribution in [2.24, 2.45) is 0 Å². The Balaban J connectivity index is 2.22. The first-order valence-electron chi connectivity index (χ1n) is 8.19. The van der Waals surface area contributed by atoms with E-state index in [1.165, 1.54) is 17.0 Å². The maximum atomic E-state index is 14.2. The Bertz CT molecular complexity index is 688. The van der Waals surface area contributed by atoms with Crippen LogP contribution in [0.1, 0.15) is 20.8 Å². The summed E-state index contributed by atoms with van der Waals surface area (Å²) in [7, 11) is -1.96. The lowest BCUT2D eigenvalue weighted by molar-refractivity contribution is -0.117. The molecule has 2 rings (SSSR count). The third kappa shape index (κ3) is 3.85. The summed E-state index contributed by atoms with van der Waals surface area (Å²) >= 11 is 0. The van der Waals surface area contributed by atoms with Crippen molar-refractivity contribution in [2.45, 2.75) is 38.9 Å². The minimum absolute atomic E-state index is 0.0447. The fraction of sp³-hybridized carbons (Fsp3) is 0.529. The zero-order chi connectivity index (χ0) is 19.0. The van der Waals surface area contributed by atoms with Crippen molar-refractivity contribution >= 4 is 31.7 Å². The number of carboxylic acid groups (broad SMARTS) is 1. The van der Waals surface area contributed by atoms with Crippen LogP contribution in [0.2, 0.25) is 18.1 Å². The molecule has 0 aliphatic carbocycles. The topological polar surface area (TPSA) is 70.1 Å². The molecule has 1 aromatic rings. The van der Waals surface area contributed by atoms with Crippen LogP contribution < -0.4 is 9.80 Å². The van der Waals surface area contributed by atoms with Gasteiger partial charge in [-0.25, -0.2) is 9.18 Å². The summed E-state index contributed by atoms with van der Waals surface area (Å²) in [6, 6.07) is 4.21. The van der Waals surface area contributed by atoms with Crippen LogP contribution in [0.25, 0.3) is 0 Å². The van der Waals surface area contributed by atoms with E-state index in [4.69, 9.17) is 4.43 Å². The Hall–Kier alpha value is -1.93. The standard InChI is InChI=1S/C17H25FN2O4Si/c1-17(2,3)25(4,5)24-10-9-19-13-8-6-7-12(18)15(13)20(16(22)23)11-14(19)21/h6-8H,9-11H2,1-5H3,(H,22,23). The first kappa shape index (κ1) is 19.4. The predicted octanol–water partition coefficient (Wildman–Crippen LogP) is 3.68. The number of fused-ring (bicyclic) bond motifs is 1. The molecule has 0 atom stereocenters. The van der Waals surface area contributed by atoms with E-state index in [0.29, 0.717) is 6.61 Å². The number of para-hydroxylation sites is 1. The molecule has 0 radical (unpaired) electrons. The van der Waals surface area contributed by atoms with Gasteiger partial charge in [0.25, 0.3) is 0 Å². The molecule has 25 heavy (non-hydrogen) atoms. The Morgan fingerprint density at radius 3 is 2.56 bits per heavy atom. The lowest BCUT2D eigenvalue weighted by Crippen LogP contribution is -2.50. The number of carbonyl (C=O) groups is 2. The van der Waals surface area contributed by atoms with Crippen molar-refractivity contribution in [2.75, 3.05) is 29.5 Å². The smallest absolute Gasteiger partial charge is 0.412 e. The van der Waals surface area contributed by atoms with Gasteiger partial charge in [-0.2, -0.15) is 0 Å². The molecule has 0 saturated heterocycles. The van der Waals surface area contributed by atoms with Gasteiger partial charge in [-0.3, -0.25) is 9.69 Å². The molecule has 0 spiro atoms. The number of nitrogens with zero attached hydrogens (tertiary/aromatic N) is 2. The van der Waals surface area contributed by atoms with Gasteiger partial charge in [0.05, 0.1) is 12.3 Å². The minimum atomic E-state index is -1.96. The summed E-state index contributed by atoms with van der Waals surface area (Å²) in [6.45, 7) is 10.8. The SMILES string of the molecule is CC(C)(C)[Si](C)(C)OCCN1C(=O)CN(C(=O)O)c2c(F)cccc21. The van der Waals surface area contributed by atoms with Gasteiger partial charge in [-0.05, 0) is 30.3 Å². The Labute approximate surface area is 148 Å². The molecule has 1 N–H and O–H groups in total. The van der Waals surface area contributed by atoms with Gasteiger partial charge < -0.3 is 14.4 Å². The van der Waals surface area contributed by atoms with Crippen molar-refractivity contribution in [1.29, 1.82) is 0 Å². The Morgan fingerprint density at radius 2 is 2.00 bits per heavy atom.